The molecule has 0 aliphatic heterocycles. The Morgan fingerprint density at radius 3 is 2.32 bits per heavy atom. The van der Waals surface area contributed by atoms with Crippen molar-refractivity contribution in [3.8, 4) is 0 Å². The molecule has 0 unspecified atom stereocenters. The minimum absolute atomic E-state index is 0.208. The van der Waals surface area contributed by atoms with Gasteiger partial charge in [-0.3, -0.25) is 0 Å². The number of hydrogen-bond donors (Lipinski definition) is 1. The highest BCUT2D eigenvalue weighted by atomic mass is 16.6. The first kappa shape index (κ1) is 16.0. The Labute approximate surface area is 116 Å². The van der Waals surface area contributed by atoms with Gasteiger partial charge in [0.25, 0.3) is 0 Å². The molecule has 0 saturated heterocycles. The molecule has 0 spiro atoms. The van der Waals surface area contributed by atoms with E-state index < -0.39 is 5.60 Å². The Hall–Kier alpha value is -1.03. The lowest BCUT2D eigenvalue weighted by molar-refractivity contribution is 0.0281. The van der Waals surface area contributed by atoms with Gasteiger partial charge in [-0.1, -0.05) is 12.2 Å². The lowest BCUT2D eigenvalue weighted by atomic mass is 9.93. The van der Waals surface area contributed by atoms with Crippen molar-refractivity contribution in [2.24, 2.45) is 0 Å². The second-order valence-corrected chi connectivity index (χ2v) is 6.39. The lowest BCUT2D eigenvalue weighted by Gasteiger charge is -2.30. The molecule has 1 aliphatic carbocycles. The molecule has 1 aliphatic rings. The van der Waals surface area contributed by atoms with Crippen LogP contribution in [0.3, 0.4) is 0 Å². The quantitative estimate of drug-likeness (QED) is 0.796. The van der Waals surface area contributed by atoms with Crippen LogP contribution in [0.2, 0.25) is 0 Å². The van der Waals surface area contributed by atoms with Crippen molar-refractivity contribution in [2.75, 3.05) is 6.61 Å². The number of carbonyl (C=O) groups is 1. The van der Waals surface area contributed by atoms with E-state index in [2.05, 4.69) is 11.9 Å². The molecule has 19 heavy (non-hydrogen) atoms. The van der Waals surface area contributed by atoms with E-state index in [4.69, 9.17) is 9.47 Å². The standard InChI is InChI=1S/C15H27NO3/c1-11(2)10-18-13-8-6-12(7-9-13)16-14(17)19-15(3,4)5/h12-13H,1,6-10H2,2-5H3,(H,16,17). The fourth-order valence-corrected chi connectivity index (χ4v) is 2.11. The van der Waals surface area contributed by atoms with Gasteiger partial charge in [0.1, 0.15) is 5.60 Å². The first-order chi connectivity index (χ1) is 8.76. The summed E-state index contributed by atoms with van der Waals surface area (Å²) in [6.45, 7) is 12.0. The molecule has 0 radical (unpaired) electrons. The summed E-state index contributed by atoms with van der Waals surface area (Å²) >= 11 is 0. The molecule has 1 saturated carbocycles. The summed E-state index contributed by atoms with van der Waals surface area (Å²) in [7, 11) is 0. The minimum Gasteiger partial charge on any atom is -0.444 e. The van der Waals surface area contributed by atoms with Crippen molar-refractivity contribution in [2.45, 2.75) is 71.1 Å². The van der Waals surface area contributed by atoms with Crippen LogP contribution in [0.25, 0.3) is 0 Å². The molecule has 4 heteroatoms. The van der Waals surface area contributed by atoms with Gasteiger partial charge in [-0.05, 0) is 53.4 Å². The van der Waals surface area contributed by atoms with Crippen LogP contribution >= 0.6 is 0 Å². The summed E-state index contributed by atoms with van der Waals surface area (Å²) in [4.78, 5) is 11.6. The number of amides is 1. The molecule has 1 rings (SSSR count). The van der Waals surface area contributed by atoms with Crippen LogP contribution in [0.1, 0.15) is 53.4 Å². The number of rotatable bonds is 4. The van der Waals surface area contributed by atoms with Crippen LogP contribution < -0.4 is 5.32 Å². The first-order valence-corrected chi connectivity index (χ1v) is 7.02. The molecule has 0 atom stereocenters. The zero-order chi connectivity index (χ0) is 14.5. The van der Waals surface area contributed by atoms with Crippen LogP contribution in [0, 0.1) is 0 Å². The van der Waals surface area contributed by atoms with Crippen molar-refractivity contribution in [3.63, 3.8) is 0 Å². The number of ether oxygens (including phenoxy) is 2. The van der Waals surface area contributed by atoms with Gasteiger partial charge in [-0.2, -0.15) is 0 Å². The monoisotopic (exact) mass is 269 g/mol. The highest BCUT2D eigenvalue weighted by Gasteiger charge is 2.24. The molecule has 1 amide bonds. The molecule has 1 fully saturated rings. The third kappa shape index (κ3) is 7.21. The maximum Gasteiger partial charge on any atom is 0.407 e. The lowest BCUT2D eigenvalue weighted by Crippen LogP contribution is -2.41. The van der Waals surface area contributed by atoms with Crippen molar-refractivity contribution in [3.05, 3.63) is 12.2 Å². The molecular weight excluding hydrogens is 242 g/mol. The van der Waals surface area contributed by atoms with E-state index in [1.54, 1.807) is 0 Å². The number of nitrogens with one attached hydrogen (secondary N) is 1. The van der Waals surface area contributed by atoms with Gasteiger partial charge >= 0.3 is 6.09 Å². The fourth-order valence-electron chi connectivity index (χ4n) is 2.11. The Morgan fingerprint density at radius 1 is 1.26 bits per heavy atom. The van der Waals surface area contributed by atoms with Gasteiger partial charge < -0.3 is 14.8 Å². The molecule has 110 valence electrons. The molecule has 1 N–H and O–H groups in total. The maximum atomic E-state index is 11.6. The first-order valence-electron chi connectivity index (χ1n) is 7.02. The van der Waals surface area contributed by atoms with Crippen LogP contribution in [-0.2, 0) is 9.47 Å². The molecule has 0 aromatic rings. The zero-order valence-corrected chi connectivity index (χ0v) is 12.6. The summed E-state index contributed by atoms with van der Waals surface area (Å²) in [5.74, 6) is 0. The highest BCUT2D eigenvalue weighted by Crippen LogP contribution is 2.22. The molecule has 0 aromatic heterocycles. The molecular formula is C15H27NO3. The van der Waals surface area contributed by atoms with Gasteiger partial charge in [0.15, 0.2) is 0 Å². The molecule has 0 bridgehead atoms. The summed E-state index contributed by atoms with van der Waals surface area (Å²) in [6, 6.07) is 0.208. The third-order valence-corrected chi connectivity index (χ3v) is 2.96. The topological polar surface area (TPSA) is 47.6 Å². The number of hydrogen-bond acceptors (Lipinski definition) is 3. The summed E-state index contributed by atoms with van der Waals surface area (Å²) in [5.41, 5.74) is 0.611. The highest BCUT2D eigenvalue weighted by molar-refractivity contribution is 5.68. The minimum atomic E-state index is -0.439. The Kier molecular flexibility index (Phi) is 5.85. The predicted molar refractivity (Wildman–Crippen MR) is 76.2 cm³/mol. The van der Waals surface area contributed by atoms with Gasteiger partial charge in [0.2, 0.25) is 0 Å². The van der Waals surface area contributed by atoms with Crippen LogP contribution in [-0.4, -0.2) is 30.4 Å². The van der Waals surface area contributed by atoms with Crippen LogP contribution in [0.4, 0.5) is 4.79 Å². The van der Waals surface area contributed by atoms with E-state index in [9.17, 15) is 4.79 Å². The average Bonchev–Trinajstić information content (AvgIpc) is 2.25. The zero-order valence-electron chi connectivity index (χ0n) is 12.6. The van der Waals surface area contributed by atoms with E-state index in [1.807, 2.05) is 27.7 Å². The van der Waals surface area contributed by atoms with Gasteiger partial charge in [-0.25, -0.2) is 4.79 Å². The van der Waals surface area contributed by atoms with Crippen LogP contribution in [0.15, 0.2) is 12.2 Å². The van der Waals surface area contributed by atoms with Crippen molar-refractivity contribution in [1.29, 1.82) is 0 Å². The van der Waals surface area contributed by atoms with Crippen molar-refractivity contribution in [1.82, 2.24) is 5.32 Å². The smallest absolute Gasteiger partial charge is 0.407 e. The largest absolute Gasteiger partial charge is 0.444 e. The van der Waals surface area contributed by atoms with E-state index in [-0.39, 0.29) is 12.1 Å². The Morgan fingerprint density at radius 2 is 1.84 bits per heavy atom. The van der Waals surface area contributed by atoms with Crippen molar-refractivity contribution >= 4 is 6.09 Å². The van der Waals surface area contributed by atoms with Gasteiger partial charge in [-0.15, -0.1) is 0 Å². The SMILES string of the molecule is C=C(C)COC1CCC(NC(=O)OC(C)(C)C)CC1. The van der Waals surface area contributed by atoms with Crippen LogP contribution in [0.5, 0.6) is 0 Å². The van der Waals surface area contributed by atoms with E-state index in [1.165, 1.54) is 0 Å². The summed E-state index contributed by atoms with van der Waals surface area (Å²) in [6.07, 6.45) is 3.83. The van der Waals surface area contributed by atoms with E-state index in [0.717, 1.165) is 31.3 Å². The van der Waals surface area contributed by atoms with Crippen molar-refractivity contribution < 1.29 is 14.3 Å². The van der Waals surface area contributed by atoms with Gasteiger partial charge in [0, 0.05) is 6.04 Å². The Balaban J connectivity index is 2.23. The third-order valence-electron chi connectivity index (χ3n) is 2.96. The summed E-state index contributed by atoms with van der Waals surface area (Å²) < 4.78 is 11.0. The number of carbonyl (C=O) groups excluding carboxylic acids is 1. The molecule has 0 heterocycles. The number of alkyl carbamates (subject to hydrolysis) is 1. The molecule has 4 nitrogen and oxygen atoms in total. The van der Waals surface area contributed by atoms with Gasteiger partial charge in [0.05, 0.1) is 12.7 Å². The average molecular weight is 269 g/mol. The Bertz CT molecular complexity index is 312. The molecule has 0 aromatic carbocycles. The maximum absolute atomic E-state index is 11.6. The fraction of sp³-hybridized carbons (Fsp3) is 0.800. The second-order valence-electron chi connectivity index (χ2n) is 6.39. The predicted octanol–water partition coefficient (Wildman–Crippen LogP) is 3.42. The van der Waals surface area contributed by atoms with E-state index in [0.29, 0.717) is 12.7 Å². The summed E-state index contributed by atoms with van der Waals surface area (Å²) in [5, 5.41) is 2.93. The van der Waals surface area contributed by atoms with E-state index >= 15 is 0 Å². The second kappa shape index (κ2) is 6.94. The normalized spacial score (nSPS) is 23.8.